The predicted octanol–water partition coefficient (Wildman–Crippen LogP) is 1.78. The summed E-state index contributed by atoms with van der Waals surface area (Å²) in [4.78, 5) is 15.9. The minimum Gasteiger partial charge on any atom is -0.348 e. The third-order valence-electron chi connectivity index (χ3n) is 2.85. The first-order chi connectivity index (χ1) is 9.19. The number of rotatable bonds is 4. The molecule has 2 aromatic rings. The van der Waals surface area contributed by atoms with Gasteiger partial charge in [-0.2, -0.15) is 0 Å². The van der Waals surface area contributed by atoms with Crippen LogP contribution in [0.2, 0.25) is 0 Å². The monoisotopic (exact) mass is 255 g/mol. The first-order valence-electron chi connectivity index (χ1n) is 6.17. The summed E-state index contributed by atoms with van der Waals surface area (Å²) in [7, 11) is 0. The third kappa shape index (κ3) is 3.63. The van der Waals surface area contributed by atoms with Crippen LogP contribution in [0.3, 0.4) is 0 Å². The lowest BCUT2D eigenvalue weighted by Gasteiger charge is -2.06. The van der Waals surface area contributed by atoms with Gasteiger partial charge in [0, 0.05) is 25.5 Å². The molecule has 0 fully saturated rings. The lowest BCUT2D eigenvalue weighted by atomic mass is 10.1. The summed E-state index contributed by atoms with van der Waals surface area (Å²) in [5.74, 6) is -0.112. The normalized spacial score (nSPS) is 10.2. The van der Waals surface area contributed by atoms with Gasteiger partial charge in [0.05, 0.1) is 5.56 Å². The summed E-state index contributed by atoms with van der Waals surface area (Å²) in [5, 5.41) is 2.87. The number of hydrogen-bond acceptors (Lipinski definition) is 3. The zero-order valence-corrected chi connectivity index (χ0v) is 10.9. The van der Waals surface area contributed by atoms with Crippen molar-refractivity contribution in [1.29, 1.82) is 0 Å². The average Bonchev–Trinajstić information content (AvgIpc) is 2.45. The van der Waals surface area contributed by atoms with Crippen LogP contribution in [0.25, 0.3) is 0 Å². The molecule has 0 saturated carbocycles. The number of hydrogen-bond donors (Lipinski definition) is 2. The molecule has 4 heteroatoms. The maximum atomic E-state index is 11.9. The molecule has 0 spiro atoms. The average molecular weight is 255 g/mol. The van der Waals surface area contributed by atoms with E-state index in [0.29, 0.717) is 18.7 Å². The Kier molecular flexibility index (Phi) is 4.26. The van der Waals surface area contributed by atoms with Crippen LogP contribution in [0.5, 0.6) is 0 Å². The second-order valence-electron chi connectivity index (χ2n) is 4.45. The molecule has 0 bridgehead atoms. The van der Waals surface area contributed by atoms with Crippen molar-refractivity contribution in [3.8, 4) is 0 Å². The van der Waals surface area contributed by atoms with Crippen LogP contribution in [0.1, 0.15) is 27.0 Å². The Bertz CT molecular complexity index is 564. The maximum Gasteiger partial charge on any atom is 0.253 e. The predicted molar refractivity (Wildman–Crippen MR) is 74.5 cm³/mol. The van der Waals surface area contributed by atoms with Gasteiger partial charge in [0.25, 0.3) is 5.91 Å². The molecule has 4 nitrogen and oxygen atoms in total. The number of nitrogens with one attached hydrogen (secondary N) is 1. The molecular formula is C15H17N3O. The Hall–Kier alpha value is -2.20. The molecule has 0 aliphatic rings. The number of pyridine rings is 1. The molecule has 0 radical (unpaired) electrons. The van der Waals surface area contributed by atoms with E-state index in [9.17, 15) is 4.79 Å². The van der Waals surface area contributed by atoms with Crippen molar-refractivity contribution in [2.45, 2.75) is 20.0 Å². The minimum absolute atomic E-state index is 0.112. The van der Waals surface area contributed by atoms with Gasteiger partial charge in [0.2, 0.25) is 0 Å². The van der Waals surface area contributed by atoms with Crippen molar-refractivity contribution >= 4 is 5.91 Å². The molecular weight excluding hydrogens is 238 g/mol. The summed E-state index contributed by atoms with van der Waals surface area (Å²) in [6, 6.07) is 9.69. The van der Waals surface area contributed by atoms with E-state index in [1.165, 1.54) is 0 Å². The molecule has 1 aromatic heterocycles. The Labute approximate surface area is 112 Å². The first kappa shape index (κ1) is 13.2. The largest absolute Gasteiger partial charge is 0.348 e. The summed E-state index contributed by atoms with van der Waals surface area (Å²) < 4.78 is 0. The zero-order valence-electron chi connectivity index (χ0n) is 10.9. The maximum absolute atomic E-state index is 11.9. The van der Waals surface area contributed by atoms with Crippen LogP contribution in [-0.2, 0) is 13.1 Å². The summed E-state index contributed by atoms with van der Waals surface area (Å²) in [6.07, 6.45) is 3.29. The molecule has 0 saturated heterocycles. The number of carbonyl (C=O) groups is 1. The topological polar surface area (TPSA) is 68.0 Å². The Morgan fingerprint density at radius 1 is 1.21 bits per heavy atom. The van der Waals surface area contributed by atoms with Gasteiger partial charge in [-0.05, 0) is 29.7 Å². The van der Waals surface area contributed by atoms with Crippen LogP contribution < -0.4 is 11.1 Å². The highest BCUT2D eigenvalue weighted by molar-refractivity contribution is 5.93. The lowest BCUT2D eigenvalue weighted by Crippen LogP contribution is -2.23. The lowest BCUT2D eigenvalue weighted by molar-refractivity contribution is 0.0950. The molecule has 0 atom stereocenters. The highest BCUT2D eigenvalue weighted by Gasteiger charge is 2.05. The molecule has 0 aliphatic carbocycles. The molecule has 3 N–H and O–H groups in total. The number of benzene rings is 1. The first-order valence-corrected chi connectivity index (χ1v) is 6.17. The molecule has 98 valence electrons. The van der Waals surface area contributed by atoms with Crippen LogP contribution in [-0.4, -0.2) is 10.9 Å². The second-order valence-corrected chi connectivity index (χ2v) is 4.45. The van der Waals surface area contributed by atoms with Gasteiger partial charge in [0.1, 0.15) is 0 Å². The summed E-state index contributed by atoms with van der Waals surface area (Å²) in [6.45, 7) is 2.94. The highest BCUT2D eigenvalue weighted by Crippen LogP contribution is 2.05. The number of carbonyl (C=O) groups excluding carboxylic acids is 1. The Morgan fingerprint density at radius 2 is 1.89 bits per heavy atom. The number of amides is 1. The van der Waals surface area contributed by atoms with Crippen molar-refractivity contribution < 1.29 is 4.79 Å². The Balaban J connectivity index is 1.96. The van der Waals surface area contributed by atoms with E-state index in [1.54, 1.807) is 12.4 Å². The smallest absolute Gasteiger partial charge is 0.253 e. The van der Waals surface area contributed by atoms with E-state index in [2.05, 4.69) is 10.3 Å². The molecule has 0 aliphatic heterocycles. The minimum atomic E-state index is -0.112. The van der Waals surface area contributed by atoms with Crippen LogP contribution >= 0.6 is 0 Å². The van der Waals surface area contributed by atoms with Crippen molar-refractivity contribution in [2.75, 3.05) is 0 Å². The van der Waals surface area contributed by atoms with Crippen LogP contribution in [0.4, 0.5) is 0 Å². The molecule has 2 rings (SSSR count). The number of aryl methyl sites for hydroxylation is 1. The fourth-order valence-electron chi connectivity index (χ4n) is 1.76. The molecule has 1 aromatic carbocycles. The quantitative estimate of drug-likeness (QED) is 0.875. The van der Waals surface area contributed by atoms with Gasteiger partial charge in [-0.15, -0.1) is 0 Å². The van der Waals surface area contributed by atoms with E-state index < -0.39 is 0 Å². The molecule has 1 amide bonds. The van der Waals surface area contributed by atoms with Gasteiger partial charge in [-0.25, -0.2) is 0 Å². The fraction of sp³-hybridized carbons (Fsp3) is 0.200. The molecule has 0 unspecified atom stereocenters. The Morgan fingerprint density at radius 3 is 2.53 bits per heavy atom. The van der Waals surface area contributed by atoms with Crippen molar-refractivity contribution in [1.82, 2.24) is 10.3 Å². The van der Waals surface area contributed by atoms with Crippen molar-refractivity contribution in [3.05, 3.63) is 65.0 Å². The zero-order chi connectivity index (χ0) is 13.7. The van der Waals surface area contributed by atoms with E-state index >= 15 is 0 Å². The molecule has 1 heterocycles. The van der Waals surface area contributed by atoms with Gasteiger partial charge in [0.15, 0.2) is 0 Å². The number of nitrogens with zero attached hydrogens (tertiary/aromatic N) is 1. The molecule has 19 heavy (non-hydrogen) atoms. The third-order valence-corrected chi connectivity index (χ3v) is 2.85. The van der Waals surface area contributed by atoms with Crippen LogP contribution in [0.15, 0.2) is 42.7 Å². The van der Waals surface area contributed by atoms with Gasteiger partial charge in [-0.3, -0.25) is 9.78 Å². The van der Waals surface area contributed by atoms with E-state index in [4.69, 9.17) is 5.73 Å². The van der Waals surface area contributed by atoms with Gasteiger partial charge >= 0.3 is 0 Å². The number of nitrogens with two attached hydrogens (primary N) is 1. The fourth-order valence-corrected chi connectivity index (χ4v) is 1.76. The van der Waals surface area contributed by atoms with Crippen molar-refractivity contribution in [3.63, 3.8) is 0 Å². The van der Waals surface area contributed by atoms with E-state index in [1.807, 2.05) is 37.3 Å². The van der Waals surface area contributed by atoms with Crippen molar-refractivity contribution in [2.24, 2.45) is 5.73 Å². The SMILES string of the molecule is Cc1cncc(C(=O)NCc2ccc(CN)cc2)c1. The summed E-state index contributed by atoms with van der Waals surface area (Å²) >= 11 is 0. The summed E-state index contributed by atoms with van der Waals surface area (Å²) in [5.41, 5.74) is 9.22. The van der Waals surface area contributed by atoms with Gasteiger partial charge in [-0.1, -0.05) is 24.3 Å². The highest BCUT2D eigenvalue weighted by atomic mass is 16.1. The van der Waals surface area contributed by atoms with E-state index in [-0.39, 0.29) is 5.91 Å². The standard InChI is InChI=1S/C15H17N3O/c1-11-6-14(10-17-8-11)15(19)18-9-13-4-2-12(7-16)3-5-13/h2-6,8,10H,7,9,16H2,1H3,(H,18,19). The van der Waals surface area contributed by atoms with Crippen LogP contribution in [0, 0.1) is 6.92 Å². The van der Waals surface area contributed by atoms with Gasteiger partial charge < -0.3 is 11.1 Å². The second kappa shape index (κ2) is 6.11. The number of aromatic nitrogens is 1. The van der Waals surface area contributed by atoms with E-state index in [0.717, 1.165) is 16.7 Å².